The summed E-state index contributed by atoms with van der Waals surface area (Å²) in [6.45, 7) is 0.648. The number of hydrogen-bond acceptors (Lipinski definition) is 4. The number of hydrogen-bond donors (Lipinski definition) is 1. The average molecular weight is 349 g/mol. The average Bonchev–Trinajstić information content (AvgIpc) is 2.63. The Labute approximate surface area is 123 Å². The second-order valence-corrected chi connectivity index (χ2v) is 6.20. The van der Waals surface area contributed by atoms with Crippen molar-refractivity contribution in [3.8, 4) is 0 Å². The van der Waals surface area contributed by atoms with Crippen molar-refractivity contribution in [1.29, 1.82) is 0 Å². The van der Waals surface area contributed by atoms with Gasteiger partial charge in [0.2, 0.25) is 10.0 Å². The number of methoxy groups -OCH3 is 1. The number of sulfonamides is 1. The molecule has 1 atom stereocenters. The van der Waals surface area contributed by atoms with Crippen LogP contribution in [-0.2, 0) is 21.8 Å². The quantitative estimate of drug-likeness (QED) is 0.840. The maximum Gasteiger partial charge on any atom is 0.404 e. The number of nitrogens with one attached hydrogen (secondary N) is 1. The summed E-state index contributed by atoms with van der Waals surface area (Å²) in [6, 6.07) is -2.31. The van der Waals surface area contributed by atoms with Crippen molar-refractivity contribution in [3.05, 3.63) is 16.9 Å². The second kappa shape index (κ2) is 5.85. The lowest BCUT2D eigenvalue weighted by atomic mass is 10.4. The van der Waals surface area contributed by atoms with Crippen molar-refractivity contribution < 1.29 is 31.1 Å². The van der Waals surface area contributed by atoms with E-state index in [0.29, 0.717) is 6.92 Å². The van der Waals surface area contributed by atoms with Crippen LogP contribution in [0.1, 0.15) is 17.4 Å². The van der Waals surface area contributed by atoms with Gasteiger partial charge in [-0.25, -0.2) is 13.2 Å². The highest BCUT2D eigenvalue weighted by molar-refractivity contribution is 7.89. The van der Waals surface area contributed by atoms with E-state index in [1.54, 1.807) is 0 Å². The van der Waals surface area contributed by atoms with Gasteiger partial charge < -0.3 is 9.30 Å². The van der Waals surface area contributed by atoms with E-state index in [4.69, 9.17) is 11.6 Å². The number of ether oxygens (including phenoxy) is 1. The third-order valence-corrected chi connectivity index (χ3v) is 4.63. The molecule has 0 aromatic carbocycles. The Bertz CT molecular complexity index is 654. The number of carbonyl (C=O) groups is 1. The normalized spacial score (nSPS) is 14.0. The van der Waals surface area contributed by atoms with Crippen LogP contribution in [0.5, 0.6) is 0 Å². The summed E-state index contributed by atoms with van der Waals surface area (Å²) in [5, 5.41) is -0.508. The first-order valence-corrected chi connectivity index (χ1v) is 7.30. The third kappa shape index (κ3) is 3.69. The minimum atomic E-state index is -4.75. The molecule has 0 bridgehead atoms. The maximum absolute atomic E-state index is 12.4. The number of nitrogens with zero attached hydrogens (tertiary/aromatic N) is 1. The summed E-state index contributed by atoms with van der Waals surface area (Å²) in [7, 11) is -2.18. The molecule has 0 aliphatic heterocycles. The molecule has 1 aromatic heterocycles. The molecule has 1 aromatic rings. The first kappa shape index (κ1) is 17.8. The number of aryl methyl sites for hydroxylation is 1. The molecule has 1 rings (SSSR count). The minimum absolute atomic E-state index is 0.279. The maximum atomic E-state index is 12.4. The summed E-state index contributed by atoms with van der Waals surface area (Å²) < 4.78 is 68.0. The first-order chi connectivity index (χ1) is 9.41. The van der Waals surface area contributed by atoms with Crippen LogP contribution in [0.2, 0.25) is 5.02 Å². The van der Waals surface area contributed by atoms with Crippen molar-refractivity contribution in [2.75, 3.05) is 7.11 Å². The van der Waals surface area contributed by atoms with Crippen molar-refractivity contribution in [2.45, 2.75) is 24.0 Å². The van der Waals surface area contributed by atoms with E-state index in [1.165, 1.54) is 11.8 Å². The van der Waals surface area contributed by atoms with Gasteiger partial charge in [-0.15, -0.1) is 0 Å². The molecule has 0 amide bonds. The number of alkyl halides is 3. The van der Waals surface area contributed by atoms with Crippen LogP contribution in [-0.4, -0.2) is 38.3 Å². The fraction of sp³-hybridized carbons (Fsp3) is 0.500. The van der Waals surface area contributed by atoms with Gasteiger partial charge in [-0.2, -0.15) is 17.9 Å². The number of carbonyl (C=O) groups excluding carboxylic acids is 1. The summed E-state index contributed by atoms with van der Waals surface area (Å²) in [4.78, 5) is 10.8. The van der Waals surface area contributed by atoms with E-state index in [2.05, 4.69) is 4.74 Å². The van der Waals surface area contributed by atoms with Crippen molar-refractivity contribution in [2.24, 2.45) is 7.05 Å². The fourth-order valence-electron chi connectivity index (χ4n) is 1.45. The fourth-order valence-corrected chi connectivity index (χ4v) is 3.37. The standard InChI is InChI=1S/C10H12ClF3N2O4S/c1-5(10(12,13)14)15-21(18,19)6-4-16(2)8(7(6)11)9(17)20-3/h4-5,15H,1-3H3. The van der Waals surface area contributed by atoms with Crippen LogP contribution in [0.3, 0.4) is 0 Å². The molecular weight excluding hydrogens is 337 g/mol. The van der Waals surface area contributed by atoms with Crippen LogP contribution in [0.4, 0.5) is 13.2 Å². The molecule has 1 unspecified atom stereocenters. The Hall–Kier alpha value is -1.26. The Balaban J connectivity index is 3.25. The monoisotopic (exact) mass is 348 g/mol. The van der Waals surface area contributed by atoms with E-state index < -0.39 is 38.1 Å². The molecule has 6 nitrogen and oxygen atoms in total. The molecule has 21 heavy (non-hydrogen) atoms. The first-order valence-electron chi connectivity index (χ1n) is 5.44. The van der Waals surface area contributed by atoms with E-state index in [-0.39, 0.29) is 5.69 Å². The highest BCUT2D eigenvalue weighted by Gasteiger charge is 2.40. The summed E-state index contributed by atoms with van der Waals surface area (Å²) in [6.07, 6.45) is -3.82. The van der Waals surface area contributed by atoms with Gasteiger partial charge in [0.1, 0.15) is 16.6 Å². The SMILES string of the molecule is COC(=O)c1c(Cl)c(S(=O)(=O)NC(C)C(F)(F)F)cn1C. The van der Waals surface area contributed by atoms with Gasteiger partial charge in [-0.3, -0.25) is 0 Å². The summed E-state index contributed by atoms with van der Waals surface area (Å²) in [5.41, 5.74) is -0.279. The number of aromatic nitrogens is 1. The van der Waals surface area contributed by atoms with Crippen LogP contribution in [0.25, 0.3) is 0 Å². The molecule has 0 spiro atoms. The Morgan fingerprint density at radius 1 is 1.48 bits per heavy atom. The molecule has 0 aliphatic rings. The predicted octanol–water partition coefficient (Wildman–Crippen LogP) is 1.69. The summed E-state index contributed by atoms with van der Waals surface area (Å²) in [5.74, 6) is -0.909. The van der Waals surface area contributed by atoms with Crippen molar-refractivity contribution >= 4 is 27.6 Å². The molecular formula is C10H12ClF3N2O4S. The van der Waals surface area contributed by atoms with Crippen LogP contribution < -0.4 is 4.72 Å². The molecule has 0 radical (unpaired) electrons. The van der Waals surface area contributed by atoms with E-state index in [0.717, 1.165) is 17.9 Å². The van der Waals surface area contributed by atoms with Crippen LogP contribution >= 0.6 is 11.6 Å². The predicted molar refractivity (Wildman–Crippen MR) is 67.6 cm³/mol. The molecule has 11 heteroatoms. The minimum Gasteiger partial charge on any atom is -0.464 e. The Kier molecular flexibility index (Phi) is 4.96. The number of halogens is 4. The largest absolute Gasteiger partial charge is 0.464 e. The summed E-state index contributed by atoms with van der Waals surface area (Å²) >= 11 is 5.76. The molecule has 0 saturated carbocycles. The van der Waals surface area contributed by atoms with E-state index in [9.17, 15) is 26.4 Å². The van der Waals surface area contributed by atoms with Crippen molar-refractivity contribution in [3.63, 3.8) is 0 Å². The zero-order valence-corrected chi connectivity index (χ0v) is 12.7. The van der Waals surface area contributed by atoms with Gasteiger partial charge in [0.05, 0.1) is 12.1 Å². The molecule has 0 saturated heterocycles. The highest BCUT2D eigenvalue weighted by atomic mass is 35.5. The third-order valence-electron chi connectivity index (χ3n) is 2.58. The Morgan fingerprint density at radius 3 is 2.43 bits per heavy atom. The molecule has 1 heterocycles. The van der Waals surface area contributed by atoms with Gasteiger partial charge in [-0.1, -0.05) is 11.6 Å². The zero-order chi connectivity index (χ0) is 16.6. The topological polar surface area (TPSA) is 77.4 Å². The van der Waals surface area contributed by atoms with Crippen LogP contribution in [0, 0.1) is 0 Å². The zero-order valence-electron chi connectivity index (χ0n) is 11.2. The lowest BCUT2D eigenvalue weighted by Gasteiger charge is -2.16. The van der Waals surface area contributed by atoms with Crippen LogP contribution in [0.15, 0.2) is 11.1 Å². The van der Waals surface area contributed by atoms with Crippen molar-refractivity contribution in [1.82, 2.24) is 9.29 Å². The van der Waals surface area contributed by atoms with Gasteiger partial charge in [0.25, 0.3) is 0 Å². The lowest BCUT2D eigenvalue weighted by molar-refractivity contribution is -0.147. The van der Waals surface area contributed by atoms with E-state index in [1.807, 2.05) is 0 Å². The number of esters is 1. The lowest BCUT2D eigenvalue weighted by Crippen LogP contribution is -2.42. The smallest absolute Gasteiger partial charge is 0.404 e. The van der Waals surface area contributed by atoms with Gasteiger partial charge >= 0.3 is 12.1 Å². The van der Waals surface area contributed by atoms with Gasteiger partial charge in [-0.05, 0) is 6.92 Å². The molecule has 0 fully saturated rings. The highest BCUT2D eigenvalue weighted by Crippen LogP contribution is 2.29. The number of rotatable bonds is 4. The second-order valence-electron chi connectivity index (χ2n) is 4.14. The van der Waals surface area contributed by atoms with E-state index >= 15 is 0 Å². The molecule has 0 aliphatic carbocycles. The van der Waals surface area contributed by atoms with Gasteiger partial charge in [0.15, 0.2) is 0 Å². The molecule has 120 valence electrons. The van der Waals surface area contributed by atoms with Gasteiger partial charge in [0, 0.05) is 13.2 Å². The Morgan fingerprint density at radius 2 is 2.00 bits per heavy atom. The molecule has 1 N–H and O–H groups in total.